The number of nitrogen functional groups attached to an aromatic ring is 1. The van der Waals surface area contributed by atoms with Crippen LogP contribution in [-0.4, -0.2) is 16.6 Å². The molecule has 3 aromatic rings. The van der Waals surface area contributed by atoms with Gasteiger partial charge < -0.3 is 11.1 Å². The maximum absolute atomic E-state index is 12.4. The molecule has 3 N–H and O–H groups in total. The number of anilines is 2. The second-order valence-electron chi connectivity index (χ2n) is 7.54. The summed E-state index contributed by atoms with van der Waals surface area (Å²) < 4.78 is 0. The molecule has 1 heterocycles. The number of hydrogen-bond acceptors (Lipinski definition) is 6. The van der Waals surface area contributed by atoms with E-state index in [1.807, 2.05) is 63.2 Å². The summed E-state index contributed by atoms with van der Waals surface area (Å²) in [4.78, 5) is 16.7. The first-order valence-corrected chi connectivity index (χ1v) is 11.0. The Bertz CT molecular complexity index is 1230. The van der Waals surface area contributed by atoms with Crippen molar-refractivity contribution in [1.29, 1.82) is 10.5 Å². The Morgan fingerprint density at radius 2 is 1.62 bits per heavy atom. The summed E-state index contributed by atoms with van der Waals surface area (Å²) in [6, 6.07) is 17.7. The zero-order valence-electron chi connectivity index (χ0n) is 18.2. The summed E-state index contributed by atoms with van der Waals surface area (Å²) in [5, 5.41) is 22.8. The Kier molecular flexibility index (Phi) is 7.14. The van der Waals surface area contributed by atoms with Gasteiger partial charge in [0.05, 0.1) is 5.56 Å². The number of thioether (sulfide) groups is 1. The standard InChI is InChI=1S/C25H23N5OS/c1-15-4-6-18(7-5-15)23-20(13-26)24(28)30-25(21(23)14-27)32-9-8-22(31)29-19-11-16(2)10-17(3)12-19/h4-7,10-12H,8-9H2,1-3H3,(H2,28,30)(H,29,31). The predicted molar refractivity (Wildman–Crippen MR) is 128 cm³/mol. The summed E-state index contributed by atoms with van der Waals surface area (Å²) in [6.45, 7) is 5.93. The molecule has 7 heteroatoms. The fourth-order valence-corrected chi connectivity index (χ4v) is 4.36. The second-order valence-corrected chi connectivity index (χ2v) is 8.62. The van der Waals surface area contributed by atoms with Crippen LogP contribution in [0.5, 0.6) is 0 Å². The van der Waals surface area contributed by atoms with E-state index in [0.717, 1.165) is 27.9 Å². The number of nitrogens with one attached hydrogen (secondary N) is 1. The molecule has 0 unspecified atom stereocenters. The van der Waals surface area contributed by atoms with Crippen LogP contribution in [-0.2, 0) is 4.79 Å². The van der Waals surface area contributed by atoms with Gasteiger partial charge in [0.25, 0.3) is 0 Å². The number of carbonyl (C=O) groups is 1. The molecule has 0 spiro atoms. The average molecular weight is 442 g/mol. The largest absolute Gasteiger partial charge is 0.383 e. The van der Waals surface area contributed by atoms with Gasteiger partial charge in [-0.15, -0.1) is 11.8 Å². The lowest BCUT2D eigenvalue weighted by Crippen LogP contribution is -2.12. The number of aromatic nitrogens is 1. The van der Waals surface area contributed by atoms with E-state index in [2.05, 4.69) is 22.4 Å². The summed E-state index contributed by atoms with van der Waals surface area (Å²) in [6.07, 6.45) is 0.240. The van der Waals surface area contributed by atoms with Crippen molar-refractivity contribution < 1.29 is 4.79 Å². The van der Waals surface area contributed by atoms with Gasteiger partial charge in [0.1, 0.15) is 28.5 Å². The minimum atomic E-state index is -0.124. The minimum Gasteiger partial charge on any atom is -0.383 e. The maximum atomic E-state index is 12.4. The van der Waals surface area contributed by atoms with Gasteiger partial charge in [0.2, 0.25) is 5.91 Å². The summed E-state index contributed by atoms with van der Waals surface area (Å²) >= 11 is 1.28. The van der Waals surface area contributed by atoms with E-state index in [1.165, 1.54) is 11.8 Å². The van der Waals surface area contributed by atoms with E-state index in [9.17, 15) is 15.3 Å². The highest BCUT2D eigenvalue weighted by Crippen LogP contribution is 2.35. The summed E-state index contributed by atoms with van der Waals surface area (Å²) in [5.74, 6) is 0.363. The third-order valence-electron chi connectivity index (χ3n) is 4.83. The molecule has 3 rings (SSSR count). The van der Waals surface area contributed by atoms with Crippen LogP contribution in [0, 0.1) is 43.4 Å². The molecule has 2 aromatic carbocycles. The van der Waals surface area contributed by atoms with E-state index in [1.54, 1.807) is 0 Å². The topological polar surface area (TPSA) is 116 Å². The molecular weight excluding hydrogens is 418 g/mol. The lowest BCUT2D eigenvalue weighted by Gasteiger charge is -2.13. The van der Waals surface area contributed by atoms with Crippen LogP contribution in [0.1, 0.15) is 34.2 Å². The highest BCUT2D eigenvalue weighted by molar-refractivity contribution is 7.99. The normalized spacial score (nSPS) is 10.3. The Morgan fingerprint density at radius 3 is 2.22 bits per heavy atom. The number of aryl methyl sites for hydroxylation is 3. The van der Waals surface area contributed by atoms with Crippen LogP contribution >= 0.6 is 11.8 Å². The zero-order valence-corrected chi connectivity index (χ0v) is 19.0. The molecule has 0 saturated heterocycles. The summed E-state index contributed by atoms with van der Waals surface area (Å²) in [5.41, 5.74) is 11.7. The van der Waals surface area contributed by atoms with Crippen LogP contribution in [0.2, 0.25) is 0 Å². The molecule has 1 amide bonds. The van der Waals surface area contributed by atoms with Crippen LogP contribution in [0.15, 0.2) is 47.5 Å². The lowest BCUT2D eigenvalue weighted by atomic mass is 9.96. The van der Waals surface area contributed by atoms with Crippen molar-refractivity contribution in [1.82, 2.24) is 4.98 Å². The molecule has 0 atom stereocenters. The highest BCUT2D eigenvalue weighted by atomic mass is 32.2. The van der Waals surface area contributed by atoms with Gasteiger partial charge in [-0.2, -0.15) is 10.5 Å². The molecule has 0 saturated carbocycles. The number of nitriles is 2. The van der Waals surface area contributed by atoms with Gasteiger partial charge in [-0.1, -0.05) is 35.9 Å². The van der Waals surface area contributed by atoms with Crippen molar-refractivity contribution in [3.05, 3.63) is 70.3 Å². The van der Waals surface area contributed by atoms with Gasteiger partial charge in [-0.05, 0) is 49.6 Å². The third-order valence-corrected chi connectivity index (χ3v) is 5.81. The molecule has 0 bridgehead atoms. The Balaban J connectivity index is 1.81. The minimum absolute atomic E-state index is 0.0734. The Hall–Kier alpha value is -3.81. The van der Waals surface area contributed by atoms with Crippen LogP contribution in [0.25, 0.3) is 11.1 Å². The number of hydrogen-bond donors (Lipinski definition) is 2. The van der Waals surface area contributed by atoms with E-state index in [4.69, 9.17) is 5.73 Å². The number of rotatable bonds is 6. The van der Waals surface area contributed by atoms with Crippen molar-refractivity contribution in [2.45, 2.75) is 32.2 Å². The van der Waals surface area contributed by atoms with E-state index in [-0.39, 0.29) is 23.7 Å². The fourth-order valence-electron chi connectivity index (χ4n) is 3.42. The quantitative estimate of drug-likeness (QED) is 0.513. The number of carbonyl (C=O) groups excluding carboxylic acids is 1. The monoisotopic (exact) mass is 441 g/mol. The van der Waals surface area contributed by atoms with Crippen molar-refractivity contribution in [2.24, 2.45) is 0 Å². The first-order valence-electron chi connectivity index (χ1n) is 10.0. The van der Waals surface area contributed by atoms with Crippen molar-refractivity contribution in [3.63, 3.8) is 0 Å². The molecule has 1 aromatic heterocycles. The molecule has 160 valence electrons. The Labute approximate surface area is 192 Å². The van der Waals surface area contributed by atoms with Gasteiger partial charge in [-0.25, -0.2) is 4.98 Å². The summed E-state index contributed by atoms with van der Waals surface area (Å²) in [7, 11) is 0. The van der Waals surface area contributed by atoms with Gasteiger partial charge in [0, 0.05) is 23.4 Å². The lowest BCUT2D eigenvalue weighted by molar-refractivity contribution is -0.115. The molecule has 0 radical (unpaired) electrons. The zero-order chi connectivity index (χ0) is 23.3. The van der Waals surface area contributed by atoms with E-state index in [0.29, 0.717) is 21.9 Å². The molecule has 32 heavy (non-hydrogen) atoms. The molecular formula is C25H23N5OS. The maximum Gasteiger partial charge on any atom is 0.225 e. The SMILES string of the molecule is Cc1ccc(-c2c(C#N)c(N)nc(SCCC(=O)Nc3cc(C)cc(C)c3)c2C#N)cc1. The fraction of sp³-hybridized carbons (Fsp3) is 0.200. The van der Waals surface area contributed by atoms with Crippen molar-refractivity contribution in [2.75, 3.05) is 16.8 Å². The van der Waals surface area contributed by atoms with Crippen molar-refractivity contribution >= 4 is 29.2 Å². The first kappa shape index (κ1) is 22.9. The molecule has 6 nitrogen and oxygen atoms in total. The first-order chi connectivity index (χ1) is 15.3. The van der Waals surface area contributed by atoms with Gasteiger partial charge in [0.15, 0.2) is 0 Å². The van der Waals surface area contributed by atoms with E-state index < -0.39 is 0 Å². The Morgan fingerprint density at radius 1 is 1.00 bits per heavy atom. The van der Waals surface area contributed by atoms with Crippen LogP contribution in [0.3, 0.4) is 0 Å². The number of benzene rings is 2. The van der Waals surface area contributed by atoms with E-state index >= 15 is 0 Å². The average Bonchev–Trinajstić information content (AvgIpc) is 2.73. The smallest absolute Gasteiger partial charge is 0.225 e. The highest BCUT2D eigenvalue weighted by Gasteiger charge is 2.20. The molecule has 0 aliphatic rings. The van der Waals surface area contributed by atoms with Crippen LogP contribution in [0.4, 0.5) is 11.5 Å². The molecule has 0 aliphatic heterocycles. The number of nitrogens with zero attached hydrogens (tertiary/aromatic N) is 3. The molecule has 0 fully saturated rings. The van der Waals surface area contributed by atoms with Gasteiger partial charge >= 0.3 is 0 Å². The second kappa shape index (κ2) is 10.00. The van der Waals surface area contributed by atoms with Crippen LogP contribution < -0.4 is 11.1 Å². The third kappa shape index (κ3) is 5.26. The van der Waals surface area contributed by atoms with Gasteiger partial charge in [-0.3, -0.25) is 4.79 Å². The van der Waals surface area contributed by atoms with Crippen molar-refractivity contribution in [3.8, 4) is 23.3 Å². The number of pyridine rings is 1. The number of nitrogens with two attached hydrogens (primary N) is 1. The predicted octanol–water partition coefficient (Wildman–Crippen LogP) is 5.12. The number of amides is 1. The molecule has 0 aliphatic carbocycles.